The van der Waals surface area contributed by atoms with E-state index in [0.717, 1.165) is 28.1 Å². The van der Waals surface area contributed by atoms with Crippen LogP contribution in [0.1, 0.15) is 31.4 Å². The molecule has 3 aromatic rings. The molecule has 1 N–H and O–H groups in total. The van der Waals surface area contributed by atoms with Crippen LogP contribution in [0.3, 0.4) is 0 Å². The van der Waals surface area contributed by atoms with E-state index in [0.29, 0.717) is 0 Å². The lowest BCUT2D eigenvalue weighted by Crippen LogP contribution is -2.54. The average Bonchev–Trinajstić information content (AvgIpc) is 2.90. The lowest BCUT2D eigenvalue weighted by molar-refractivity contribution is -0.140. The summed E-state index contributed by atoms with van der Waals surface area (Å²) >= 11 is 6.32. The van der Waals surface area contributed by atoms with Crippen LogP contribution in [-0.4, -0.2) is 50.0 Å². The second-order valence-corrected chi connectivity index (χ2v) is 11.6. The molecule has 0 aliphatic carbocycles. The second-order valence-electron chi connectivity index (χ2n) is 9.25. The summed E-state index contributed by atoms with van der Waals surface area (Å²) in [4.78, 5) is 29.0. The Kier molecular flexibility index (Phi) is 10.3. The Morgan fingerprint density at radius 3 is 2.00 bits per heavy atom. The fourth-order valence-corrected chi connectivity index (χ4v) is 5.17. The van der Waals surface area contributed by atoms with E-state index in [1.165, 1.54) is 4.90 Å². The zero-order chi connectivity index (χ0) is 27.7. The Balaban J connectivity index is 2.05. The number of sulfonamides is 1. The van der Waals surface area contributed by atoms with Gasteiger partial charge in [-0.1, -0.05) is 91.3 Å². The number of para-hydroxylation sites is 1. The molecular weight excluding hydrogens is 522 g/mol. The molecule has 0 saturated carbocycles. The summed E-state index contributed by atoms with van der Waals surface area (Å²) in [7, 11) is -3.87. The molecule has 3 rings (SSSR count). The van der Waals surface area contributed by atoms with Crippen LogP contribution in [0.4, 0.5) is 5.69 Å². The van der Waals surface area contributed by atoms with Gasteiger partial charge in [-0.15, -0.1) is 0 Å². The molecule has 38 heavy (non-hydrogen) atoms. The molecule has 0 spiro atoms. The minimum atomic E-state index is -3.87. The summed E-state index contributed by atoms with van der Waals surface area (Å²) in [6.45, 7) is 3.50. The lowest BCUT2D eigenvalue weighted by atomic mass is 10.0. The van der Waals surface area contributed by atoms with Crippen molar-refractivity contribution in [3.05, 3.63) is 101 Å². The Morgan fingerprint density at radius 2 is 1.45 bits per heavy atom. The standard InChI is InChI=1S/C29H34ClN3O4S/c1-4-22(2)31-29(35)27(19-23-13-7-5-8-14-23)32(20-24-15-9-6-10-16-24)28(34)21-33(38(3,36)37)26-18-12-11-17-25(26)30/h5-18,22,27H,4,19-21H2,1-3H3,(H,31,35)/t22-,27+/m1/s1. The molecule has 0 saturated heterocycles. The van der Waals surface area contributed by atoms with Gasteiger partial charge in [-0.05, 0) is 36.6 Å². The fraction of sp³-hybridized carbons (Fsp3) is 0.310. The van der Waals surface area contributed by atoms with Crippen LogP contribution in [0.5, 0.6) is 0 Å². The highest BCUT2D eigenvalue weighted by Gasteiger charge is 2.33. The van der Waals surface area contributed by atoms with Gasteiger partial charge in [-0.2, -0.15) is 0 Å². The number of amides is 2. The molecule has 0 bridgehead atoms. The lowest BCUT2D eigenvalue weighted by Gasteiger charge is -2.34. The highest BCUT2D eigenvalue weighted by atomic mass is 35.5. The molecule has 2 atom stereocenters. The van der Waals surface area contributed by atoms with Crippen molar-refractivity contribution in [1.29, 1.82) is 0 Å². The first-order valence-corrected chi connectivity index (χ1v) is 14.7. The first-order valence-electron chi connectivity index (χ1n) is 12.5. The molecule has 0 fully saturated rings. The van der Waals surface area contributed by atoms with Gasteiger partial charge in [0.25, 0.3) is 0 Å². The summed E-state index contributed by atoms with van der Waals surface area (Å²) in [6.07, 6.45) is 2.03. The number of carbonyl (C=O) groups is 2. The normalized spacial score (nSPS) is 12.8. The SMILES string of the molecule is CC[C@@H](C)NC(=O)[C@H](Cc1ccccc1)N(Cc1ccccc1)C(=O)CN(c1ccccc1Cl)S(C)(=O)=O. The zero-order valence-corrected chi connectivity index (χ0v) is 23.5. The maximum Gasteiger partial charge on any atom is 0.244 e. The quantitative estimate of drug-likeness (QED) is 0.352. The predicted molar refractivity (Wildman–Crippen MR) is 152 cm³/mol. The van der Waals surface area contributed by atoms with Gasteiger partial charge in [0.2, 0.25) is 21.8 Å². The summed E-state index contributed by atoms with van der Waals surface area (Å²) in [5, 5.41) is 3.21. The van der Waals surface area contributed by atoms with Crippen molar-refractivity contribution in [3.8, 4) is 0 Å². The van der Waals surface area contributed by atoms with Crippen LogP contribution in [0.15, 0.2) is 84.9 Å². The number of anilines is 1. The molecule has 7 nitrogen and oxygen atoms in total. The first-order chi connectivity index (χ1) is 18.1. The van der Waals surface area contributed by atoms with Crippen LogP contribution in [0.25, 0.3) is 0 Å². The minimum Gasteiger partial charge on any atom is -0.352 e. The Hall–Kier alpha value is -3.36. The van der Waals surface area contributed by atoms with E-state index in [4.69, 9.17) is 11.6 Å². The molecule has 202 valence electrons. The number of carbonyl (C=O) groups excluding carboxylic acids is 2. The van der Waals surface area contributed by atoms with Gasteiger partial charge >= 0.3 is 0 Å². The summed E-state index contributed by atoms with van der Waals surface area (Å²) in [5.41, 5.74) is 1.90. The van der Waals surface area contributed by atoms with Crippen molar-refractivity contribution in [3.63, 3.8) is 0 Å². The molecule has 0 radical (unpaired) electrons. The zero-order valence-electron chi connectivity index (χ0n) is 21.9. The van der Waals surface area contributed by atoms with E-state index < -0.39 is 28.5 Å². The number of nitrogens with zero attached hydrogens (tertiary/aromatic N) is 2. The van der Waals surface area contributed by atoms with Gasteiger partial charge < -0.3 is 10.2 Å². The molecule has 0 unspecified atom stereocenters. The maximum absolute atomic E-state index is 14.0. The van der Waals surface area contributed by atoms with Gasteiger partial charge in [0, 0.05) is 19.0 Å². The van der Waals surface area contributed by atoms with Crippen LogP contribution >= 0.6 is 11.6 Å². The molecule has 0 heterocycles. The molecule has 3 aromatic carbocycles. The largest absolute Gasteiger partial charge is 0.352 e. The Labute approximate surface area is 230 Å². The Bertz CT molecular complexity index is 1320. The average molecular weight is 556 g/mol. The van der Waals surface area contributed by atoms with Crippen molar-refractivity contribution in [1.82, 2.24) is 10.2 Å². The minimum absolute atomic E-state index is 0.0925. The van der Waals surface area contributed by atoms with Gasteiger partial charge in [-0.25, -0.2) is 8.42 Å². The maximum atomic E-state index is 14.0. The number of nitrogens with one attached hydrogen (secondary N) is 1. The molecule has 0 aliphatic heterocycles. The van der Waals surface area contributed by atoms with E-state index in [1.54, 1.807) is 24.3 Å². The fourth-order valence-electron chi connectivity index (χ4n) is 4.02. The summed E-state index contributed by atoms with van der Waals surface area (Å²) in [5.74, 6) is -0.810. The van der Waals surface area contributed by atoms with Crippen LogP contribution in [-0.2, 0) is 32.6 Å². The van der Waals surface area contributed by atoms with E-state index in [2.05, 4.69) is 5.32 Å². The van der Waals surface area contributed by atoms with Crippen molar-refractivity contribution in [2.24, 2.45) is 0 Å². The van der Waals surface area contributed by atoms with Crippen LogP contribution in [0.2, 0.25) is 5.02 Å². The Morgan fingerprint density at radius 1 is 0.895 bits per heavy atom. The van der Waals surface area contributed by atoms with Gasteiger partial charge in [0.15, 0.2) is 0 Å². The van der Waals surface area contributed by atoms with Crippen LogP contribution in [0, 0.1) is 0 Å². The van der Waals surface area contributed by atoms with E-state index >= 15 is 0 Å². The third-order valence-electron chi connectivity index (χ3n) is 6.27. The predicted octanol–water partition coefficient (Wildman–Crippen LogP) is 4.66. The van der Waals surface area contributed by atoms with Crippen LogP contribution < -0.4 is 9.62 Å². The third kappa shape index (κ3) is 8.07. The summed E-state index contributed by atoms with van der Waals surface area (Å²) < 4.78 is 26.6. The molecule has 2 amide bonds. The number of hydrogen-bond donors (Lipinski definition) is 1. The van der Waals surface area contributed by atoms with Crippen molar-refractivity contribution >= 4 is 39.1 Å². The van der Waals surface area contributed by atoms with Crippen molar-refractivity contribution in [2.45, 2.75) is 45.3 Å². The van der Waals surface area contributed by atoms with Gasteiger partial charge in [0.05, 0.1) is 17.0 Å². The highest BCUT2D eigenvalue weighted by molar-refractivity contribution is 7.92. The number of hydrogen-bond acceptors (Lipinski definition) is 4. The molecule has 9 heteroatoms. The molecule has 0 aromatic heterocycles. The van der Waals surface area contributed by atoms with E-state index in [-0.39, 0.29) is 35.6 Å². The van der Waals surface area contributed by atoms with Gasteiger partial charge in [0.1, 0.15) is 12.6 Å². The monoisotopic (exact) mass is 555 g/mol. The first kappa shape index (κ1) is 29.2. The second kappa shape index (κ2) is 13.4. The number of halogens is 1. The topological polar surface area (TPSA) is 86.8 Å². The molecule has 0 aliphatic rings. The van der Waals surface area contributed by atoms with Gasteiger partial charge in [-0.3, -0.25) is 13.9 Å². The van der Waals surface area contributed by atoms with Crippen molar-refractivity contribution < 1.29 is 18.0 Å². The van der Waals surface area contributed by atoms with E-state index in [9.17, 15) is 18.0 Å². The smallest absolute Gasteiger partial charge is 0.244 e. The van der Waals surface area contributed by atoms with Crippen molar-refractivity contribution in [2.75, 3.05) is 17.1 Å². The van der Waals surface area contributed by atoms with E-state index in [1.807, 2.05) is 74.5 Å². The third-order valence-corrected chi connectivity index (χ3v) is 7.71. The highest BCUT2D eigenvalue weighted by Crippen LogP contribution is 2.27. The molecular formula is C29H34ClN3O4S. The summed E-state index contributed by atoms with van der Waals surface area (Å²) in [6, 6.07) is 24.3. The number of benzene rings is 3. The number of rotatable bonds is 12.